The number of anilines is 5. The fourth-order valence-electron chi connectivity index (χ4n) is 18.0. The van der Waals surface area contributed by atoms with Crippen LogP contribution in [0.5, 0.6) is 0 Å². The highest BCUT2D eigenvalue weighted by Gasteiger charge is 2.60. The third-order valence-corrected chi connectivity index (χ3v) is 26.3. The summed E-state index contributed by atoms with van der Waals surface area (Å²) < 4.78 is 0. The zero-order valence-electron chi connectivity index (χ0n) is 55.5. The Hall–Kier alpha value is -4.15. The number of hydrogen-bond donors (Lipinski definition) is 0. The van der Waals surface area contributed by atoms with Crippen molar-refractivity contribution in [3.05, 3.63) is 133 Å². The van der Waals surface area contributed by atoms with Crippen LogP contribution in [0, 0.1) is 16.7 Å². The van der Waals surface area contributed by atoms with Crippen LogP contribution in [0.15, 0.2) is 83.3 Å². The van der Waals surface area contributed by atoms with E-state index in [9.17, 15) is 0 Å². The van der Waals surface area contributed by atoms with Crippen LogP contribution in [-0.2, 0) is 48.7 Å². The van der Waals surface area contributed by atoms with Gasteiger partial charge >= 0.3 is 0 Å². The fraction of sp³-hybridized carbons (Fsp3) is 0.590. The molecule has 0 bridgehead atoms. The molecule has 3 heterocycles. The van der Waals surface area contributed by atoms with Crippen LogP contribution < -0.4 is 20.7 Å². The van der Waals surface area contributed by atoms with Gasteiger partial charge in [0.15, 0.2) is 0 Å². The molecule has 13 rings (SSSR count). The molecule has 434 valence electrons. The Morgan fingerprint density at radius 2 is 0.878 bits per heavy atom. The lowest BCUT2D eigenvalue weighted by Gasteiger charge is -2.52. The number of rotatable bonds is 3. The maximum absolute atomic E-state index is 2.94. The van der Waals surface area contributed by atoms with E-state index in [0.29, 0.717) is 11.2 Å². The molecule has 2 unspecified atom stereocenters. The molecule has 0 spiro atoms. The second kappa shape index (κ2) is 17.3. The Bertz CT molecular complexity index is 3590. The van der Waals surface area contributed by atoms with Gasteiger partial charge < -0.3 is 9.80 Å². The van der Waals surface area contributed by atoms with Crippen LogP contribution in [0.25, 0.3) is 11.1 Å². The van der Waals surface area contributed by atoms with E-state index in [4.69, 9.17) is 0 Å². The van der Waals surface area contributed by atoms with Gasteiger partial charge in [-0.2, -0.15) is 0 Å². The standard InChI is InChI=1S/C78H103BN2S/c1-68(2,3)46-39-60-64-61(40-46)81(58-44-55-53(72(10,11)31-33-74(55,14)15)42-49(58)48-25-24-26-51-62(48)76(18,19)36-35-70(51,6)7)59-45-56-54(73(12,13)32-34-75(56,16)17)43-57(59)79(64)67-65(63-66(82-67)78(22,23)38-37-77(63,20)21)80(60)47-27-28-50-52(41-47)71(8,9)30-29-69(50,4)5/h24-28,39-45,63,66H,29-38H2,1-23H3. The summed E-state index contributed by atoms with van der Waals surface area (Å²) in [5.41, 5.74) is 28.7. The topological polar surface area (TPSA) is 6.48 Å². The SMILES string of the molecule is CC(C)(C)c1cc2c3c(c1)N(c1cc4c(cc1-c1cccc5c1C(C)(C)CCC5(C)C)C(C)(C)CCC4(C)C)c1cc4c(cc1B3C1=C(C3C(S1)C(C)(C)CCC3(C)C)N2c1ccc2c(c1)C(C)(C)CCC2(C)C)C(C)(C)CCC4(C)C. The molecule has 0 aromatic heterocycles. The fourth-order valence-corrected chi connectivity index (χ4v) is 20.1. The quantitative estimate of drug-likeness (QED) is 0.166. The van der Waals surface area contributed by atoms with E-state index in [0.717, 1.165) is 0 Å². The number of fused-ring (bicyclic) bond motifs is 9. The van der Waals surface area contributed by atoms with Crippen LogP contribution in [0.3, 0.4) is 0 Å². The molecule has 1 saturated carbocycles. The Kier molecular flexibility index (Phi) is 12.0. The third kappa shape index (κ3) is 8.19. The summed E-state index contributed by atoms with van der Waals surface area (Å²) in [4.78, 5) is 7.48. The zero-order valence-corrected chi connectivity index (χ0v) is 56.4. The van der Waals surface area contributed by atoms with Crippen LogP contribution >= 0.6 is 11.8 Å². The molecule has 0 amide bonds. The van der Waals surface area contributed by atoms with Gasteiger partial charge in [-0.3, -0.25) is 0 Å². The largest absolute Gasteiger partial charge is 0.314 e. The Morgan fingerprint density at radius 1 is 0.415 bits per heavy atom. The van der Waals surface area contributed by atoms with Gasteiger partial charge in [-0.1, -0.05) is 190 Å². The van der Waals surface area contributed by atoms with Crippen molar-refractivity contribution < 1.29 is 0 Å². The third-order valence-electron chi connectivity index (χ3n) is 24.4. The number of benzene rings is 5. The minimum Gasteiger partial charge on any atom is -0.314 e. The molecule has 1 fully saturated rings. The molecule has 3 aliphatic heterocycles. The molecule has 2 nitrogen and oxygen atoms in total. The summed E-state index contributed by atoms with van der Waals surface area (Å²) >= 11 is 2.31. The lowest BCUT2D eigenvalue weighted by Crippen LogP contribution is -2.56. The molecule has 4 heteroatoms. The first-order valence-electron chi connectivity index (χ1n) is 32.6. The van der Waals surface area contributed by atoms with Gasteiger partial charge in [-0.25, -0.2) is 0 Å². The minimum atomic E-state index is -0.130. The first kappa shape index (κ1) is 57.0. The van der Waals surface area contributed by atoms with E-state index in [-0.39, 0.29) is 66.3 Å². The van der Waals surface area contributed by atoms with E-state index in [2.05, 4.69) is 254 Å². The summed E-state index contributed by atoms with van der Waals surface area (Å²) in [5.74, 6) is 0.385. The maximum Gasteiger partial charge on any atom is 0.259 e. The number of hydrogen-bond acceptors (Lipinski definition) is 3. The summed E-state index contributed by atoms with van der Waals surface area (Å²) in [5, 5.41) is 0.459. The second-order valence-electron chi connectivity index (χ2n) is 35.9. The summed E-state index contributed by atoms with van der Waals surface area (Å²) in [6.45, 7) is 58.7. The molecule has 0 saturated heterocycles. The molecule has 8 aliphatic rings. The van der Waals surface area contributed by atoms with E-state index in [1.807, 2.05) is 0 Å². The van der Waals surface area contributed by atoms with Crippen LogP contribution in [0.2, 0.25) is 0 Å². The minimum absolute atomic E-state index is 0.00685. The van der Waals surface area contributed by atoms with Crippen molar-refractivity contribution in [1.82, 2.24) is 0 Å². The number of thioether (sulfide) groups is 1. The summed E-state index contributed by atoms with van der Waals surface area (Å²) in [6, 6.07) is 31.9. The highest BCUT2D eigenvalue weighted by molar-refractivity contribution is 8.06. The molecule has 2 atom stereocenters. The van der Waals surface area contributed by atoms with E-state index >= 15 is 0 Å². The van der Waals surface area contributed by atoms with Gasteiger partial charge in [-0.15, -0.1) is 11.8 Å². The molecule has 5 aromatic rings. The van der Waals surface area contributed by atoms with Gasteiger partial charge in [0.05, 0.1) is 5.69 Å². The number of allylic oxidation sites excluding steroid dienone is 1. The lowest BCUT2D eigenvalue weighted by atomic mass is 9.35. The monoisotopic (exact) mass is 1110 g/mol. The van der Waals surface area contributed by atoms with Crippen LogP contribution in [0.1, 0.15) is 274 Å². The van der Waals surface area contributed by atoms with Crippen LogP contribution in [0.4, 0.5) is 28.4 Å². The average Bonchev–Trinajstić information content (AvgIpc) is 1.30. The smallest absolute Gasteiger partial charge is 0.259 e. The molecule has 5 aromatic carbocycles. The average molecular weight is 1110 g/mol. The van der Waals surface area contributed by atoms with Crippen molar-refractivity contribution in [1.29, 1.82) is 0 Å². The van der Waals surface area contributed by atoms with Crippen molar-refractivity contribution in [2.75, 3.05) is 9.80 Å². The zero-order chi connectivity index (χ0) is 59.2. The van der Waals surface area contributed by atoms with Gasteiger partial charge in [0, 0.05) is 45.2 Å². The first-order chi connectivity index (χ1) is 37.7. The molecule has 5 aliphatic carbocycles. The highest BCUT2D eigenvalue weighted by Crippen LogP contribution is 2.67. The van der Waals surface area contributed by atoms with E-state index in [1.54, 1.807) is 32.8 Å². The Labute approximate surface area is 503 Å². The molecule has 0 radical (unpaired) electrons. The second-order valence-corrected chi connectivity index (χ2v) is 37.1. The molecular formula is C78H103BN2S. The number of nitrogens with zero attached hydrogens (tertiary/aromatic N) is 2. The Balaban J connectivity index is 1.22. The van der Waals surface area contributed by atoms with Crippen molar-refractivity contribution in [2.45, 2.75) is 277 Å². The highest BCUT2D eigenvalue weighted by atomic mass is 32.2. The van der Waals surface area contributed by atoms with E-state index in [1.165, 1.54) is 143 Å². The van der Waals surface area contributed by atoms with Gasteiger partial charge in [0.2, 0.25) is 0 Å². The Morgan fingerprint density at radius 3 is 1.44 bits per heavy atom. The van der Waals surface area contributed by atoms with Crippen molar-refractivity contribution in [2.24, 2.45) is 16.7 Å². The molecule has 0 N–H and O–H groups in total. The maximum atomic E-state index is 2.94. The summed E-state index contributed by atoms with van der Waals surface area (Å²) in [6.07, 6.45) is 12.0. The van der Waals surface area contributed by atoms with Gasteiger partial charge in [0.1, 0.15) is 0 Å². The van der Waals surface area contributed by atoms with E-state index < -0.39 is 0 Å². The first-order valence-corrected chi connectivity index (χ1v) is 33.5. The molecular weight excluding hydrogens is 1010 g/mol. The van der Waals surface area contributed by atoms with Crippen molar-refractivity contribution in [3.8, 4) is 11.1 Å². The summed E-state index contributed by atoms with van der Waals surface area (Å²) in [7, 11) is 0. The van der Waals surface area contributed by atoms with Crippen molar-refractivity contribution in [3.63, 3.8) is 0 Å². The predicted octanol–water partition coefficient (Wildman–Crippen LogP) is 20.9. The predicted molar refractivity (Wildman–Crippen MR) is 359 cm³/mol. The van der Waals surface area contributed by atoms with Crippen LogP contribution in [-0.4, -0.2) is 12.0 Å². The molecule has 82 heavy (non-hydrogen) atoms. The van der Waals surface area contributed by atoms with Crippen molar-refractivity contribution >= 4 is 57.8 Å². The lowest BCUT2D eigenvalue weighted by molar-refractivity contribution is 0.0881. The normalized spacial score (nSPS) is 26.3. The van der Waals surface area contributed by atoms with Gasteiger partial charge in [0.25, 0.3) is 6.71 Å². The van der Waals surface area contributed by atoms with Gasteiger partial charge in [-0.05, 0) is 238 Å².